The van der Waals surface area contributed by atoms with E-state index in [1.54, 1.807) is 0 Å². The summed E-state index contributed by atoms with van der Waals surface area (Å²) in [6, 6.07) is 5.97. The first-order valence-electron chi connectivity index (χ1n) is 6.01. The number of morpholine rings is 1. The zero-order chi connectivity index (χ0) is 13.0. The van der Waals surface area contributed by atoms with Crippen molar-refractivity contribution >= 4 is 27.5 Å². The molecule has 0 aliphatic carbocycles. The molecule has 1 aliphatic heterocycles. The van der Waals surface area contributed by atoms with Gasteiger partial charge < -0.3 is 15.4 Å². The molecular weight excluding hydrogens is 296 g/mol. The molecule has 0 aromatic heterocycles. The fraction of sp³-hybridized carbons (Fsp3) is 0.462. The molecule has 0 saturated carbocycles. The topological polar surface area (TPSA) is 50.4 Å². The standard InChI is InChI=1S/C13H17BrN2O2/c1-9-4-10(14)6-11(5-9)16-13(17)7-12-8-18-3-2-15-12/h4-6,12,15H,2-3,7-8H2,1H3,(H,16,17). The molecule has 1 saturated heterocycles. The molecule has 1 aromatic rings. The summed E-state index contributed by atoms with van der Waals surface area (Å²) in [6.45, 7) is 4.14. The lowest BCUT2D eigenvalue weighted by molar-refractivity contribution is -0.117. The fourth-order valence-corrected chi connectivity index (χ4v) is 2.60. The predicted octanol–water partition coefficient (Wildman–Crippen LogP) is 2.07. The highest BCUT2D eigenvalue weighted by Gasteiger charge is 2.16. The molecule has 5 heteroatoms. The number of carbonyl (C=O) groups is 1. The van der Waals surface area contributed by atoms with Gasteiger partial charge in [-0.05, 0) is 30.7 Å². The van der Waals surface area contributed by atoms with Crippen molar-refractivity contribution in [2.24, 2.45) is 0 Å². The van der Waals surface area contributed by atoms with E-state index in [1.807, 2.05) is 25.1 Å². The van der Waals surface area contributed by atoms with Crippen LogP contribution in [0.2, 0.25) is 0 Å². The van der Waals surface area contributed by atoms with Crippen LogP contribution in [0.25, 0.3) is 0 Å². The van der Waals surface area contributed by atoms with Gasteiger partial charge in [0.25, 0.3) is 0 Å². The van der Waals surface area contributed by atoms with Gasteiger partial charge >= 0.3 is 0 Å². The van der Waals surface area contributed by atoms with E-state index in [0.717, 1.165) is 28.9 Å². The van der Waals surface area contributed by atoms with E-state index in [-0.39, 0.29) is 11.9 Å². The molecule has 18 heavy (non-hydrogen) atoms. The molecule has 0 bridgehead atoms. The number of carbonyl (C=O) groups excluding carboxylic acids is 1. The van der Waals surface area contributed by atoms with E-state index < -0.39 is 0 Å². The minimum Gasteiger partial charge on any atom is -0.378 e. The van der Waals surface area contributed by atoms with E-state index in [4.69, 9.17) is 4.74 Å². The van der Waals surface area contributed by atoms with Crippen LogP contribution in [-0.4, -0.2) is 31.7 Å². The van der Waals surface area contributed by atoms with Crippen molar-refractivity contribution in [3.8, 4) is 0 Å². The van der Waals surface area contributed by atoms with Gasteiger partial charge in [-0.3, -0.25) is 4.79 Å². The Hall–Kier alpha value is -0.910. The second kappa shape index (κ2) is 6.31. The molecule has 2 N–H and O–H groups in total. The number of rotatable bonds is 3. The van der Waals surface area contributed by atoms with Gasteiger partial charge in [-0.25, -0.2) is 0 Å². The number of aryl methyl sites for hydroxylation is 1. The van der Waals surface area contributed by atoms with Crippen LogP contribution in [0.15, 0.2) is 22.7 Å². The van der Waals surface area contributed by atoms with Crippen LogP contribution in [0.5, 0.6) is 0 Å². The third-order valence-corrected chi connectivity index (χ3v) is 3.21. The van der Waals surface area contributed by atoms with Crippen molar-refractivity contribution in [1.82, 2.24) is 5.32 Å². The van der Waals surface area contributed by atoms with Crippen molar-refractivity contribution in [2.45, 2.75) is 19.4 Å². The van der Waals surface area contributed by atoms with Gasteiger partial charge in [-0.1, -0.05) is 15.9 Å². The van der Waals surface area contributed by atoms with E-state index in [9.17, 15) is 4.79 Å². The Morgan fingerprint density at radius 1 is 1.56 bits per heavy atom. The molecule has 0 spiro atoms. The zero-order valence-electron chi connectivity index (χ0n) is 10.3. The average Bonchev–Trinajstić information content (AvgIpc) is 2.28. The summed E-state index contributed by atoms with van der Waals surface area (Å²) >= 11 is 3.42. The van der Waals surface area contributed by atoms with Crippen molar-refractivity contribution in [1.29, 1.82) is 0 Å². The molecular formula is C13H17BrN2O2. The van der Waals surface area contributed by atoms with Crippen LogP contribution in [0.4, 0.5) is 5.69 Å². The number of hydrogen-bond acceptors (Lipinski definition) is 3. The van der Waals surface area contributed by atoms with Gasteiger partial charge in [0.15, 0.2) is 0 Å². The van der Waals surface area contributed by atoms with Gasteiger partial charge in [-0.15, -0.1) is 0 Å². The van der Waals surface area contributed by atoms with Crippen LogP contribution in [0, 0.1) is 6.92 Å². The Balaban J connectivity index is 1.89. The SMILES string of the molecule is Cc1cc(Br)cc(NC(=O)CC2COCCN2)c1. The molecule has 2 rings (SSSR count). The van der Waals surface area contributed by atoms with Crippen LogP contribution < -0.4 is 10.6 Å². The lowest BCUT2D eigenvalue weighted by Gasteiger charge is -2.23. The van der Waals surface area contributed by atoms with Crippen molar-refractivity contribution in [3.05, 3.63) is 28.2 Å². The molecule has 98 valence electrons. The normalized spacial score (nSPS) is 19.6. The summed E-state index contributed by atoms with van der Waals surface area (Å²) in [4.78, 5) is 11.9. The summed E-state index contributed by atoms with van der Waals surface area (Å²) in [5.74, 6) is 0.00972. The minimum atomic E-state index is 0.00972. The van der Waals surface area contributed by atoms with E-state index in [1.165, 1.54) is 0 Å². The first kappa shape index (κ1) is 13.5. The Bertz CT molecular complexity index is 411. The molecule has 1 unspecified atom stereocenters. The molecule has 0 radical (unpaired) electrons. The van der Waals surface area contributed by atoms with Gasteiger partial charge in [0, 0.05) is 29.2 Å². The summed E-state index contributed by atoms with van der Waals surface area (Å²) in [5, 5.41) is 6.17. The van der Waals surface area contributed by atoms with Crippen LogP contribution in [0.1, 0.15) is 12.0 Å². The predicted molar refractivity (Wildman–Crippen MR) is 74.7 cm³/mol. The Kier molecular flexibility index (Phi) is 4.74. The number of ether oxygens (including phenoxy) is 1. The number of benzene rings is 1. The minimum absolute atomic E-state index is 0.00972. The van der Waals surface area contributed by atoms with Crippen LogP contribution in [0.3, 0.4) is 0 Å². The monoisotopic (exact) mass is 312 g/mol. The van der Waals surface area contributed by atoms with Crippen molar-refractivity contribution in [2.75, 3.05) is 25.1 Å². The second-order valence-electron chi connectivity index (χ2n) is 4.50. The first-order valence-corrected chi connectivity index (χ1v) is 6.81. The maximum atomic E-state index is 11.9. The number of anilines is 1. The Morgan fingerprint density at radius 3 is 3.06 bits per heavy atom. The summed E-state index contributed by atoms with van der Waals surface area (Å²) in [7, 11) is 0. The van der Waals surface area contributed by atoms with Gasteiger partial charge in [-0.2, -0.15) is 0 Å². The van der Waals surface area contributed by atoms with Gasteiger partial charge in [0.2, 0.25) is 5.91 Å². The molecule has 1 amide bonds. The van der Waals surface area contributed by atoms with Crippen molar-refractivity contribution < 1.29 is 9.53 Å². The molecule has 1 atom stereocenters. The van der Waals surface area contributed by atoms with E-state index >= 15 is 0 Å². The molecule has 1 aromatic carbocycles. The Labute approximate surface area is 115 Å². The third kappa shape index (κ3) is 4.08. The second-order valence-corrected chi connectivity index (χ2v) is 5.41. The van der Waals surface area contributed by atoms with E-state index in [2.05, 4.69) is 26.6 Å². The summed E-state index contributed by atoms with van der Waals surface area (Å²) in [6.07, 6.45) is 0.436. The number of hydrogen-bond donors (Lipinski definition) is 2. The zero-order valence-corrected chi connectivity index (χ0v) is 11.9. The molecule has 4 nitrogen and oxygen atoms in total. The largest absolute Gasteiger partial charge is 0.378 e. The third-order valence-electron chi connectivity index (χ3n) is 2.76. The quantitative estimate of drug-likeness (QED) is 0.898. The van der Waals surface area contributed by atoms with Crippen LogP contribution in [-0.2, 0) is 9.53 Å². The number of amides is 1. The number of halogens is 1. The van der Waals surface area contributed by atoms with Gasteiger partial charge in [0.1, 0.15) is 0 Å². The lowest BCUT2D eigenvalue weighted by atomic mass is 10.1. The lowest BCUT2D eigenvalue weighted by Crippen LogP contribution is -2.43. The molecule has 1 heterocycles. The van der Waals surface area contributed by atoms with Gasteiger partial charge in [0.05, 0.1) is 13.2 Å². The number of nitrogens with one attached hydrogen (secondary N) is 2. The molecule has 1 aliphatic rings. The highest BCUT2D eigenvalue weighted by molar-refractivity contribution is 9.10. The summed E-state index contributed by atoms with van der Waals surface area (Å²) < 4.78 is 6.29. The fourth-order valence-electron chi connectivity index (χ4n) is 2.00. The van der Waals surface area contributed by atoms with E-state index in [0.29, 0.717) is 13.0 Å². The maximum absolute atomic E-state index is 11.9. The van der Waals surface area contributed by atoms with Crippen LogP contribution >= 0.6 is 15.9 Å². The maximum Gasteiger partial charge on any atom is 0.226 e. The molecule has 1 fully saturated rings. The summed E-state index contributed by atoms with van der Waals surface area (Å²) in [5.41, 5.74) is 1.93. The first-order chi connectivity index (χ1) is 8.63. The highest BCUT2D eigenvalue weighted by Crippen LogP contribution is 2.19. The average molecular weight is 313 g/mol. The highest BCUT2D eigenvalue weighted by atomic mass is 79.9. The smallest absolute Gasteiger partial charge is 0.226 e. The Morgan fingerprint density at radius 2 is 2.39 bits per heavy atom. The van der Waals surface area contributed by atoms with Crippen molar-refractivity contribution in [3.63, 3.8) is 0 Å².